The average Bonchev–Trinajstić information content (AvgIpc) is 2.96. The van der Waals surface area contributed by atoms with E-state index in [-0.39, 0.29) is 10.7 Å². The van der Waals surface area contributed by atoms with E-state index in [1.54, 1.807) is 12.1 Å². The molecule has 1 N–H and O–H groups in total. The Morgan fingerprint density at radius 1 is 1.04 bits per heavy atom. The van der Waals surface area contributed by atoms with Gasteiger partial charge in [0.1, 0.15) is 5.82 Å². The van der Waals surface area contributed by atoms with Gasteiger partial charge in [-0.25, -0.2) is 4.39 Å². The highest BCUT2D eigenvalue weighted by atomic mass is 32.1. The van der Waals surface area contributed by atoms with Crippen LogP contribution in [-0.4, -0.2) is 16.4 Å². The summed E-state index contributed by atoms with van der Waals surface area (Å²) in [5, 5.41) is 0. The number of aromatic amines is 1. The molecule has 0 aliphatic heterocycles. The molecular weight excluding hydrogens is 323 g/mol. The largest absolute Gasteiger partial charge is 0.312 e. The molecule has 0 aliphatic carbocycles. The van der Waals surface area contributed by atoms with Gasteiger partial charge in [-0.1, -0.05) is 48.6 Å². The SMILES string of the molecule is CCN(Cc1ccccc1)Cc1sc(=O)[nH]c1-c1ccc(F)cc1. The normalized spacial score (nSPS) is 11.1. The number of hydrogen-bond donors (Lipinski definition) is 1. The van der Waals surface area contributed by atoms with Gasteiger partial charge >= 0.3 is 4.87 Å². The summed E-state index contributed by atoms with van der Waals surface area (Å²) in [6.45, 7) is 4.49. The van der Waals surface area contributed by atoms with Gasteiger partial charge in [-0.3, -0.25) is 9.69 Å². The number of rotatable bonds is 6. The molecule has 0 bridgehead atoms. The smallest absolute Gasteiger partial charge is 0.305 e. The molecule has 0 saturated heterocycles. The summed E-state index contributed by atoms with van der Waals surface area (Å²) in [5.41, 5.74) is 2.86. The second-order valence-corrected chi connectivity index (χ2v) is 6.68. The first kappa shape index (κ1) is 16.6. The van der Waals surface area contributed by atoms with Crippen LogP contribution in [0.4, 0.5) is 4.39 Å². The molecule has 0 radical (unpaired) electrons. The molecular formula is C19H19FN2OS. The van der Waals surface area contributed by atoms with Gasteiger partial charge in [0.2, 0.25) is 0 Å². The Labute approximate surface area is 144 Å². The average molecular weight is 342 g/mol. The molecule has 3 rings (SSSR count). The molecule has 2 aromatic carbocycles. The number of hydrogen-bond acceptors (Lipinski definition) is 3. The van der Waals surface area contributed by atoms with E-state index in [2.05, 4.69) is 28.9 Å². The van der Waals surface area contributed by atoms with Gasteiger partial charge in [0.25, 0.3) is 0 Å². The molecule has 0 saturated carbocycles. The van der Waals surface area contributed by atoms with Crippen molar-refractivity contribution in [2.75, 3.05) is 6.54 Å². The number of aromatic nitrogens is 1. The molecule has 1 heterocycles. The van der Waals surface area contributed by atoms with E-state index in [1.807, 2.05) is 18.2 Å². The molecule has 0 amide bonds. The van der Waals surface area contributed by atoms with E-state index in [0.717, 1.165) is 29.2 Å². The van der Waals surface area contributed by atoms with Crippen LogP contribution in [0.15, 0.2) is 59.4 Å². The first-order valence-electron chi connectivity index (χ1n) is 7.90. The molecule has 0 aliphatic rings. The molecule has 5 heteroatoms. The van der Waals surface area contributed by atoms with Gasteiger partial charge in [0, 0.05) is 18.0 Å². The van der Waals surface area contributed by atoms with Crippen LogP contribution in [0.2, 0.25) is 0 Å². The van der Waals surface area contributed by atoms with Crippen molar-refractivity contribution in [2.24, 2.45) is 0 Å². The first-order chi connectivity index (χ1) is 11.7. The van der Waals surface area contributed by atoms with Gasteiger partial charge < -0.3 is 4.98 Å². The lowest BCUT2D eigenvalue weighted by Gasteiger charge is -2.20. The molecule has 124 valence electrons. The molecule has 1 aromatic heterocycles. The Bertz CT molecular complexity index is 840. The summed E-state index contributed by atoms with van der Waals surface area (Å²) < 4.78 is 13.1. The van der Waals surface area contributed by atoms with Gasteiger partial charge in [-0.15, -0.1) is 0 Å². The molecule has 3 nitrogen and oxygen atoms in total. The van der Waals surface area contributed by atoms with Crippen molar-refractivity contribution in [2.45, 2.75) is 20.0 Å². The van der Waals surface area contributed by atoms with E-state index in [9.17, 15) is 9.18 Å². The van der Waals surface area contributed by atoms with Crippen LogP contribution in [-0.2, 0) is 13.1 Å². The summed E-state index contributed by atoms with van der Waals surface area (Å²) in [6.07, 6.45) is 0. The second kappa shape index (κ2) is 7.55. The summed E-state index contributed by atoms with van der Waals surface area (Å²) in [7, 11) is 0. The third-order valence-corrected chi connectivity index (χ3v) is 4.79. The van der Waals surface area contributed by atoms with Crippen LogP contribution < -0.4 is 4.87 Å². The van der Waals surface area contributed by atoms with Crippen LogP contribution >= 0.6 is 11.3 Å². The zero-order valence-electron chi connectivity index (χ0n) is 13.5. The Morgan fingerprint density at radius 2 is 1.75 bits per heavy atom. The maximum atomic E-state index is 13.1. The van der Waals surface area contributed by atoms with Crippen molar-refractivity contribution in [3.8, 4) is 11.3 Å². The molecule has 0 unspecified atom stereocenters. The molecule has 0 fully saturated rings. The van der Waals surface area contributed by atoms with E-state index >= 15 is 0 Å². The zero-order valence-corrected chi connectivity index (χ0v) is 14.3. The van der Waals surface area contributed by atoms with Crippen LogP contribution in [0.3, 0.4) is 0 Å². The highest BCUT2D eigenvalue weighted by molar-refractivity contribution is 7.09. The monoisotopic (exact) mass is 342 g/mol. The fourth-order valence-corrected chi connectivity index (χ4v) is 3.54. The Balaban J connectivity index is 1.83. The van der Waals surface area contributed by atoms with E-state index < -0.39 is 0 Å². The summed E-state index contributed by atoms with van der Waals surface area (Å²) in [6, 6.07) is 16.5. The van der Waals surface area contributed by atoms with Gasteiger partial charge in [0.15, 0.2) is 0 Å². The van der Waals surface area contributed by atoms with E-state index in [1.165, 1.54) is 29.0 Å². The van der Waals surface area contributed by atoms with Gasteiger partial charge in [0.05, 0.1) is 5.69 Å². The van der Waals surface area contributed by atoms with Crippen molar-refractivity contribution in [3.63, 3.8) is 0 Å². The Morgan fingerprint density at radius 3 is 2.42 bits per heavy atom. The zero-order chi connectivity index (χ0) is 16.9. The van der Waals surface area contributed by atoms with E-state index in [4.69, 9.17) is 0 Å². The van der Waals surface area contributed by atoms with Gasteiger partial charge in [-0.05, 0) is 41.9 Å². The van der Waals surface area contributed by atoms with Crippen LogP contribution in [0.25, 0.3) is 11.3 Å². The lowest BCUT2D eigenvalue weighted by molar-refractivity contribution is 0.274. The molecule has 0 atom stereocenters. The van der Waals surface area contributed by atoms with Crippen LogP contribution in [0.5, 0.6) is 0 Å². The molecule has 3 aromatic rings. The fraction of sp³-hybridized carbons (Fsp3) is 0.211. The highest BCUT2D eigenvalue weighted by Gasteiger charge is 2.14. The third kappa shape index (κ3) is 3.99. The number of benzene rings is 2. The minimum Gasteiger partial charge on any atom is -0.312 e. The number of H-pyrrole nitrogens is 1. The second-order valence-electron chi connectivity index (χ2n) is 5.61. The maximum absolute atomic E-state index is 13.1. The van der Waals surface area contributed by atoms with Crippen molar-refractivity contribution < 1.29 is 4.39 Å². The third-order valence-electron chi connectivity index (χ3n) is 3.92. The van der Waals surface area contributed by atoms with Crippen molar-refractivity contribution in [3.05, 3.63) is 80.5 Å². The summed E-state index contributed by atoms with van der Waals surface area (Å²) in [5.74, 6) is -0.280. The summed E-state index contributed by atoms with van der Waals surface area (Å²) >= 11 is 1.22. The topological polar surface area (TPSA) is 36.1 Å². The van der Waals surface area contributed by atoms with Crippen molar-refractivity contribution in [1.29, 1.82) is 0 Å². The highest BCUT2D eigenvalue weighted by Crippen LogP contribution is 2.25. The predicted molar refractivity (Wildman–Crippen MR) is 96.6 cm³/mol. The fourth-order valence-electron chi connectivity index (χ4n) is 2.65. The van der Waals surface area contributed by atoms with Crippen molar-refractivity contribution in [1.82, 2.24) is 9.88 Å². The van der Waals surface area contributed by atoms with Gasteiger partial charge in [-0.2, -0.15) is 0 Å². The number of nitrogens with zero attached hydrogens (tertiary/aromatic N) is 1. The Hall–Kier alpha value is -2.24. The number of thiazole rings is 1. The lowest BCUT2D eigenvalue weighted by atomic mass is 10.1. The van der Waals surface area contributed by atoms with E-state index in [0.29, 0.717) is 6.54 Å². The standard InChI is InChI=1S/C19H19FN2OS/c1-2-22(12-14-6-4-3-5-7-14)13-17-18(21-19(23)24-17)15-8-10-16(20)11-9-15/h3-11H,2,12-13H2,1H3,(H,21,23). The number of nitrogens with one attached hydrogen (secondary N) is 1. The minimum atomic E-state index is -0.280. The molecule has 24 heavy (non-hydrogen) atoms. The predicted octanol–water partition coefficient (Wildman–Crippen LogP) is 4.26. The van der Waals surface area contributed by atoms with Crippen LogP contribution in [0.1, 0.15) is 17.4 Å². The number of halogens is 1. The first-order valence-corrected chi connectivity index (χ1v) is 8.71. The quantitative estimate of drug-likeness (QED) is 0.726. The summed E-state index contributed by atoms with van der Waals surface area (Å²) in [4.78, 5) is 17.9. The molecule has 0 spiro atoms. The lowest BCUT2D eigenvalue weighted by Crippen LogP contribution is -2.22. The van der Waals surface area contributed by atoms with Crippen LogP contribution in [0, 0.1) is 5.82 Å². The minimum absolute atomic E-state index is 0.0833. The Kier molecular flexibility index (Phi) is 5.23. The van der Waals surface area contributed by atoms with Crippen molar-refractivity contribution >= 4 is 11.3 Å². The maximum Gasteiger partial charge on any atom is 0.305 e.